The largest absolute Gasteiger partial charge is 0.497 e. The maximum atomic E-state index is 13.1. The summed E-state index contributed by atoms with van der Waals surface area (Å²) in [6.45, 7) is 1.72. The standard InChI is InChI=1S/C17H20FNO2/c1-20-16-7-6-14(17(11-16)21-2)12-19-9-8-13-4-3-5-15(18)10-13/h3-7,10-11,19H,8-9,12H2,1-2H3/p+1. The van der Waals surface area contributed by atoms with Crippen LogP contribution in [0.3, 0.4) is 0 Å². The van der Waals surface area contributed by atoms with Crippen molar-refractivity contribution in [1.29, 1.82) is 0 Å². The zero-order chi connectivity index (χ0) is 15.1. The third-order valence-corrected chi connectivity index (χ3v) is 3.38. The van der Waals surface area contributed by atoms with Gasteiger partial charge < -0.3 is 14.8 Å². The molecule has 112 valence electrons. The monoisotopic (exact) mass is 290 g/mol. The first-order valence-electron chi connectivity index (χ1n) is 7.00. The van der Waals surface area contributed by atoms with Gasteiger partial charge in [0.2, 0.25) is 0 Å². The van der Waals surface area contributed by atoms with Crippen molar-refractivity contribution < 1.29 is 19.2 Å². The van der Waals surface area contributed by atoms with Crippen LogP contribution in [0.15, 0.2) is 42.5 Å². The first-order chi connectivity index (χ1) is 10.2. The van der Waals surface area contributed by atoms with Crippen LogP contribution < -0.4 is 14.8 Å². The number of benzene rings is 2. The Balaban J connectivity index is 1.86. The van der Waals surface area contributed by atoms with E-state index in [9.17, 15) is 4.39 Å². The Morgan fingerprint density at radius 3 is 2.62 bits per heavy atom. The van der Waals surface area contributed by atoms with E-state index in [-0.39, 0.29) is 5.82 Å². The molecule has 0 atom stereocenters. The minimum absolute atomic E-state index is 0.177. The highest BCUT2D eigenvalue weighted by atomic mass is 19.1. The number of hydrogen-bond donors (Lipinski definition) is 1. The number of quaternary nitrogens is 1. The summed E-state index contributed by atoms with van der Waals surface area (Å²) in [7, 11) is 3.30. The molecular weight excluding hydrogens is 269 g/mol. The molecule has 0 aromatic heterocycles. The second-order valence-corrected chi connectivity index (χ2v) is 4.84. The third kappa shape index (κ3) is 4.46. The normalized spacial score (nSPS) is 10.4. The van der Waals surface area contributed by atoms with Crippen LogP contribution in [0.4, 0.5) is 4.39 Å². The highest BCUT2D eigenvalue weighted by molar-refractivity contribution is 5.40. The summed E-state index contributed by atoms with van der Waals surface area (Å²) in [5, 5.41) is 2.19. The van der Waals surface area contributed by atoms with Crippen molar-refractivity contribution in [2.45, 2.75) is 13.0 Å². The molecule has 0 radical (unpaired) electrons. The number of halogens is 1. The van der Waals surface area contributed by atoms with Crippen molar-refractivity contribution in [2.75, 3.05) is 20.8 Å². The molecule has 0 spiro atoms. The average molecular weight is 290 g/mol. The van der Waals surface area contributed by atoms with Gasteiger partial charge in [-0.25, -0.2) is 4.39 Å². The molecule has 2 aromatic rings. The van der Waals surface area contributed by atoms with E-state index in [0.717, 1.165) is 42.1 Å². The summed E-state index contributed by atoms with van der Waals surface area (Å²) in [4.78, 5) is 0. The maximum absolute atomic E-state index is 13.1. The van der Waals surface area contributed by atoms with Gasteiger partial charge >= 0.3 is 0 Å². The lowest BCUT2D eigenvalue weighted by Gasteiger charge is -2.09. The fourth-order valence-corrected chi connectivity index (χ4v) is 2.24. The molecule has 2 N–H and O–H groups in total. The molecule has 0 unspecified atom stereocenters. The van der Waals surface area contributed by atoms with Crippen molar-refractivity contribution in [3.8, 4) is 11.5 Å². The van der Waals surface area contributed by atoms with Crippen LogP contribution in [0, 0.1) is 5.82 Å². The molecule has 0 heterocycles. The summed E-state index contributed by atoms with van der Waals surface area (Å²) in [5.41, 5.74) is 2.14. The molecule has 0 saturated heterocycles. The van der Waals surface area contributed by atoms with Crippen LogP contribution in [0.25, 0.3) is 0 Å². The number of ether oxygens (including phenoxy) is 2. The van der Waals surface area contributed by atoms with Crippen LogP contribution in [0.1, 0.15) is 11.1 Å². The predicted octanol–water partition coefficient (Wildman–Crippen LogP) is 2.15. The van der Waals surface area contributed by atoms with Crippen LogP contribution in [0.2, 0.25) is 0 Å². The van der Waals surface area contributed by atoms with Gasteiger partial charge in [-0.2, -0.15) is 0 Å². The van der Waals surface area contributed by atoms with Gasteiger partial charge in [-0.15, -0.1) is 0 Å². The Labute approximate surface area is 124 Å². The Morgan fingerprint density at radius 2 is 1.90 bits per heavy atom. The van der Waals surface area contributed by atoms with Gasteiger partial charge in [0.25, 0.3) is 0 Å². The average Bonchev–Trinajstić information content (AvgIpc) is 2.51. The van der Waals surface area contributed by atoms with Crippen molar-refractivity contribution in [2.24, 2.45) is 0 Å². The number of nitrogens with two attached hydrogens (primary N) is 1. The van der Waals surface area contributed by atoms with Gasteiger partial charge in [-0.3, -0.25) is 0 Å². The lowest BCUT2D eigenvalue weighted by molar-refractivity contribution is -0.670. The Morgan fingerprint density at radius 1 is 1.05 bits per heavy atom. The van der Waals surface area contributed by atoms with Crippen LogP contribution in [0.5, 0.6) is 11.5 Å². The molecule has 0 amide bonds. The van der Waals surface area contributed by atoms with E-state index < -0.39 is 0 Å². The van der Waals surface area contributed by atoms with Crippen molar-refractivity contribution in [3.63, 3.8) is 0 Å². The Bertz CT molecular complexity index is 587. The van der Waals surface area contributed by atoms with E-state index in [1.54, 1.807) is 26.4 Å². The fraction of sp³-hybridized carbons (Fsp3) is 0.294. The Hall–Kier alpha value is -2.07. The van der Waals surface area contributed by atoms with Gasteiger partial charge in [0.05, 0.1) is 20.8 Å². The molecule has 4 heteroatoms. The topological polar surface area (TPSA) is 35.1 Å². The molecular formula is C17H21FNO2+. The molecule has 21 heavy (non-hydrogen) atoms. The molecule has 0 aliphatic heterocycles. The molecule has 2 aromatic carbocycles. The van der Waals surface area contributed by atoms with Gasteiger partial charge in [0.15, 0.2) is 0 Å². The van der Waals surface area contributed by atoms with Gasteiger partial charge in [0.1, 0.15) is 23.9 Å². The summed E-state index contributed by atoms with van der Waals surface area (Å²) < 4.78 is 23.6. The molecule has 0 bridgehead atoms. The lowest BCUT2D eigenvalue weighted by atomic mass is 10.1. The zero-order valence-corrected chi connectivity index (χ0v) is 12.4. The minimum atomic E-state index is -0.177. The lowest BCUT2D eigenvalue weighted by Crippen LogP contribution is -2.83. The zero-order valence-electron chi connectivity index (χ0n) is 12.4. The Kier molecular flexibility index (Phi) is 5.58. The molecule has 0 aliphatic carbocycles. The van der Waals surface area contributed by atoms with Gasteiger partial charge in [-0.1, -0.05) is 12.1 Å². The highest BCUT2D eigenvalue weighted by Gasteiger charge is 2.06. The quantitative estimate of drug-likeness (QED) is 0.793. The predicted molar refractivity (Wildman–Crippen MR) is 80.1 cm³/mol. The first-order valence-corrected chi connectivity index (χ1v) is 7.00. The summed E-state index contributed by atoms with van der Waals surface area (Å²) in [6.07, 6.45) is 0.843. The van der Waals surface area contributed by atoms with E-state index in [2.05, 4.69) is 5.32 Å². The third-order valence-electron chi connectivity index (χ3n) is 3.38. The SMILES string of the molecule is COc1ccc(C[NH2+]CCc2cccc(F)c2)c(OC)c1. The van der Waals surface area contributed by atoms with Gasteiger partial charge in [0, 0.05) is 18.1 Å². The highest BCUT2D eigenvalue weighted by Crippen LogP contribution is 2.23. The van der Waals surface area contributed by atoms with Crippen LogP contribution >= 0.6 is 0 Å². The molecule has 3 nitrogen and oxygen atoms in total. The molecule has 2 rings (SSSR count). The van der Waals surface area contributed by atoms with Gasteiger partial charge in [-0.05, 0) is 29.8 Å². The second-order valence-electron chi connectivity index (χ2n) is 4.84. The van der Waals surface area contributed by atoms with E-state index in [4.69, 9.17) is 9.47 Å². The van der Waals surface area contributed by atoms with E-state index in [1.807, 2.05) is 24.3 Å². The van der Waals surface area contributed by atoms with E-state index >= 15 is 0 Å². The van der Waals surface area contributed by atoms with Crippen molar-refractivity contribution >= 4 is 0 Å². The fourth-order valence-electron chi connectivity index (χ4n) is 2.24. The maximum Gasteiger partial charge on any atom is 0.131 e. The molecule has 0 aliphatic rings. The minimum Gasteiger partial charge on any atom is -0.497 e. The van der Waals surface area contributed by atoms with Crippen LogP contribution in [-0.2, 0) is 13.0 Å². The van der Waals surface area contributed by atoms with Crippen LogP contribution in [-0.4, -0.2) is 20.8 Å². The second kappa shape index (κ2) is 7.64. The molecule has 0 saturated carbocycles. The summed E-state index contributed by atoms with van der Waals surface area (Å²) >= 11 is 0. The number of rotatable bonds is 7. The smallest absolute Gasteiger partial charge is 0.131 e. The molecule has 0 fully saturated rings. The first kappa shape index (κ1) is 15.3. The number of methoxy groups -OCH3 is 2. The summed E-state index contributed by atoms with van der Waals surface area (Å²) in [6, 6.07) is 12.6. The van der Waals surface area contributed by atoms with Crippen molar-refractivity contribution in [1.82, 2.24) is 0 Å². The van der Waals surface area contributed by atoms with E-state index in [0.29, 0.717) is 0 Å². The van der Waals surface area contributed by atoms with E-state index in [1.165, 1.54) is 6.07 Å². The van der Waals surface area contributed by atoms with Crippen molar-refractivity contribution in [3.05, 3.63) is 59.4 Å². The number of hydrogen-bond acceptors (Lipinski definition) is 2. The summed E-state index contributed by atoms with van der Waals surface area (Å²) in [5.74, 6) is 1.44.